The van der Waals surface area contributed by atoms with E-state index in [0.717, 1.165) is 5.92 Å². The summed E-state index contributed by atoms with van der Waals surface area (Å²) >= 11 is 0. The summed E-state index contributed by atoms with van der Waals surface area (Å²) in [6.45, 7) is 12.1. The molecule has 0 aromatic heterocycles. The molecule has 0 N–H and O–H groups in total. The van der Waals surface area contributed by atoms with Crippen molar-refractivity contribution in [1.82, 2.24) is 0 Å². The summed E-state index contributed by atoms with van der Waals surface area (Å²) in [5, 5.41) is 0. The summed E-state index contributed by atoms with van der Waals surface area (Å²) < 4.78 is 0. The Balaban J connectivity index is 2.70. The third kappa shape index (κ3) is 1.84. The molecular formula is C12H24. The van der Waals surface area contributed by atoms with Crippen LogP contribution in [-0.2, 0) is 0 Å². The highest BCUT2D eigenvalue weighted by atomic mass is 14.4. The summed E-state index contributed by atoms with van der Waals surface area (Å²) in [4.78, 5) is 0. The van der Waals surface area contributed by atoms with Gasteiger partial charge in [-0.05, 0) is 29.6 Å². The molecule has 2 atom stereocenters. The van der Waals surface area contributed by atoms with Gasteiger partial charge in [-0.1, -0.05) is 47.5 Å². The second kappa shape index (κ2) is 3.05. The van der Waals surface area contributed by atoms with Crippen LogP contribution in [0, 0.1) is 16.7 Å². The van der Waals surface area contributed by atoms with Crippen LogP contribution in [0.1, 0.15) is 60.3 Å². The first-order chi connectivity index (χ1) is 5.35. The van der Waals surface area contributed by atoms with E-state index in [0.29, 0.717) is 10.8 Å². The van der Waals surface area contributed by atoms with Gasteiger partial charge in [-0.2, -0.15) is 0 Å². The van der Waals surface area contributed by atoms with Crippen LogP contribution in [0.15, 0.2) is 0 Å². The molecule has 0 heterocycles. The topological polar surface area (TPSA) is 0 Å². The van der Waals surface area contributed by atoms with Crippen LogP contribution in [0.25, 0.3) is 0 Å². The van der Waals surface area contributed by atoms with Crippen molar-refractivity contribution in [3.05, 3.63) is 0 Å². The maximum absolute atomic E-state index is 2.47. The van der Waals surface area contributed by atoms with Crippen LogP contribution in [0.2, 0.25) is 0 Å². The molecule has 0 bridgehead atoms. The van der Waals surface area contributed by atoms with E-state index in [2.05, 4.69) is 34.6 Å². The molecule has 0 saturated heterocycles. The molecule has 12 heavy (non-hydrogen) atoms. The summed E-state index contributed by atoms with van der Waals surface area (Å²) in [7, 11) is 0. The monoisotopic (exact) mass is 168 g/mol. The third-order valence-electron chi connectivity index (χ3n) is 4.04. The quantitative estimate of drug-likeness (QED) is 0.507. The van der Waals surface area contributed by atoms with Crippen LogP contribution in [-0.4, -0.2) is 0 Å². The minimum atomic E-state index is 0.488. The Morgan fingerprint density at radius 1 is 1.25 bits per heavy atom. The van der Waals surface area contributed by atoms with Crippen molar-refractivity contribution in [3.63, 3.8) is 0 Å². The van der Waals surface area contributed by atoms with Gasteiger partial charge in [0.05, 0.1) is 0 Å². The van der Waals surface area contributed by atoms with E-state index in [9.17, 15) is 0 Å². The maximum Gasteiger partial charge on any atom is -0.0275 e. The molecule has 0 nitrogen and oxygen atoms in total. The van der Waals surface area contributed by atoms with Gasteiger partial charge >= 0.3 is 0 Å². The van der Waals surface area contributed by atoms with Crippen LogP contribution in [0.5, 0.6) is 0 Å². The smallest absolute Gasteiger partial charge is 0.0275 e. The fourth-order valence-electron chi connectivity index (χ4n) is 2.50. The Bertz CT molecular complexity index is 152. The van der Waals surface area contributed by atoms with Crippen molar-refractivity contribution >= 4 is 0 Å². The van der Waals surface area contributed by atoms with E-state index < -0.39 is 0 Å². The average Bonchev–Trinajstić information content (AvgIpc) is 1.83. The molecule has 1 fully saturated rings. The summed E-state index contributed by atoms with van der Waals surface area (Å²) in [6, 6.07) is 0. The largest absolute Gasteiger partial charge is 0.0625 e. The second-order valence-corrected chi connectivity index (χ2v) is 6.01. The van der Waals surface area contributed by atoms with E-state index in [1.54, 1.807) is 0 Å². The zero-order chi connectivity index (χ0) is 9.41. The van der Waals surface area contributed by atoms with Gasteiger partial charge in [0.25, 0.3) is 0 Å². The Hall–Kier alpha value is 0. The van der Waals surface area contributed by atoms with Crippen molar-refractivity contribution < 1.29 is 0 Å². The van der Waals surface area contributed by atoms with Crippen molar-refractivity contribution in [3.8, 4) is 0 Å². The first kappa shape index (κ1) is 10.1. The molecule has 1 rings (SSSR count). The molecule has 0 spiro atoms. The molecule has 1 aliphatic rings. The fraction of sp³-hybridized carbons (Fsp3) is 1.00. The van der Waals surface area contributed by atoms with E-state index in [1.165, 1.54) is 25.7 Å². The number of rotatable bonds is 0. The zero-order valence-corrected chi connectivity index (χ0v) is 9.41. The Labute approximate surface area is 77.7 Å². The first-order valence-corrected chi connectivity index (χ1v) is 5.35. The van der Waals surface area contributed by atoms with Crippen molar-refractivity contribution in [2.75, 3.05) is 0 Å². The van der Waals surface area contributed by atoms with Crippen LogP contribution >= 0.6 is 0 Å². The predicted molar refractivity (Wildman–Crippen MR) is 55.2 cm³/mol. The van der Waals surface area contributed by atoms with Gasteiger partial charge < -0.3 is 0 Å². The lowest BCUT2D eigenvalue weighted by Gasteiger charge is -2.47. The lowest BCUT2D eigenvalue weighted by atomic mass is 9.58. The highest BCUT2D eigenvalue weighted by Crippen LogP contribution is 2.50. The molecule has 0 aliphatic heterocycles. The van der Waals surface area contributed by atoms with Crippen LogP contribution < -0.4 is 0 Å². The lowest BCUT2D eigenvalue weighted by Crippen LogP contribution is -2.36. The van der Waals surface area contributed by atoms with Crippen LogP contribution in [0.4, 0.5) is 0 Å². The Morgan fingerprint density at radius 3 is 2.17 bits per heavy atom. The summed E-state index contributed by atoms with van der Waals surface area (Å²) in [5.41, 5.74) is 1.08. The van der Waals surface area contributed by atoms with Crippen LogP contribution in [0.3, 0.4) is 0 Å². The molecule has 0 heteroatoms. The van der Waals surface area contributed by atoms with Crippen molar-refractivity contribution in [1.29, 1.82) is 0 Å². The van der Waals surface area contributed by atoms with Gasteiger partial charge in [-0.3, -0.25) is 0 Å². The lowest BCUT2D eigenvalue weighted by molar-refractivity contribution is 0.0373. The fourth-order valence-corrected chi connectivity index (χ4v) is 2.50. The molecule has 0 aromatic carbocycles. The van der Waals surface area contributed by atoms with E-state index in [-0.39, 0.29) is 0 Å². The minimum absolute atomic E-state index is 0.488. The predicted octanol–water partition coefficient (Wildman–Crippen LogP) is 4.25. The normalized spacial score (nSPS) is 38.2. The van der Waals surface area contributed by atoms with E-state index >= 15 is 0 Å². The SMILES string of the molecule is C[C@@H]1CCC[C@@](C)(C(C)(C)C)C1. The first-order valence-electron chi connectivity index (χ1n) is 5.35. The van der Waals surface area contributed by atoms with Gasteiger partial charge in [0.2, 0.25) is 0 Å². The standard InChI is InChI=1S/C12H24/c1-10-7-6-8-12(5,9-10)11(2,3)4/h10H,6-9H2,1-5H3/t10-,12-/m1/s1. The Kier molecular flexibility index (Phi) is 2.56. The minimum Gasteiger partial charge on any atom is -0.0625 e. The molecule has 0 unspecified atom stereocenters. The molecule has 1 saturated carbocycles. The maximum atomic E-state index is 2.47. The molecule has 0 aromatic rings. The highest BCUT2D eigenvalue weighted by molar-refractivity contribution is 4.90. The van der Waals surface area contributed by atoms with E-state index in [1.807, 2.05) is 0 Å². The second-order valence-electron chi connectivity index (χ2n) is 6.01. The Morgan fingerprint density at radius 2 is 1.83 bits per heavy atom. The zero-order valence-electron chi connectivity index (χ0n) is 9.41. The van der Waals surface area contributed by atoms with Gasteiger partial charge in [-0.15, -0.1) is 0 Å². The average molecular weight is 168 g/mol. The van der Waals surface area contributed by atoms with E-state index in [4.69, 9.17) is 0 Å². The summed E-state index contributed by atoms with van der Waals surface area (Å²) in [6.07, 6.45) is 5.75. The number of hydrogen-bond donors (Lipinski definition) is 0. The molecule has 72 valence electrons. The molecule has 1 aliphatic carbocycles. The summed E-state index contributed by atoms with van der Waals surface area (Å²) in [5.74, 6) is 0.947. The van der Waals surface area contributed by atoms with Crippen molar-refractivity contribution in [2.45, 2.75) is 60.3 Å². The molecule has 0 radical (unpaired) electrons. The van der Waals surface area contributed by atoms with Gasteiger partial charge in [0.15, 0.2) is 0 Å². The highest BCUT2D eigenvalue weighted by Gasteiger charge is 2.39. The van der Waals surface area contributed by atoms with Gasteiger partial charge in [0, 0.05) is 0 Å². The number of hydrogen-bond acceptors (Lipinski definition) is 0. The third-order valence-corrected chi connectivity index (χ3v) is 4.04. The van der Waals surface area contributed by atoms with Gasteiger partial charge in [-0.25, -0.2) is 0 Å². The molecule has 0 amide bonds. The van der Waals surface area contributed by atoms with Gasteiger partial charge in [0.1, 0.15) is 0 Å². The van der Waals surface area contributed by atoms with Crippen molar-refractivity contribution in [2.24, 2.45) is 16.7 Å². The molecular weight excluding hydrogens is 144 g/mol.